The van der Waals surface area contributed by atoms with E-state index in [9.17, 15) is 38.8 Å². The number of hydrogen-bond donors (Lipinski definition) is 1. The number of sulfonamides is 2. The second-order valence-corrected chi connectivity index (χ2v) is 16.4. The molecule has 0 aliphatic rings. The molecule has 54 heavy (non-hydrogen) atoms. The molecule has 0 amide bonds. The lowest BCUT2D eigenvalue weighted by atomic mass is 10.1. The van der Waals surface area contributed by atoms with Crippen LogP contribution in [-0.4, -0.2) is 63.9 Å². The maximum atomic E-state index is 15.1. The van der Waals surface area contributed by atoms with Gasteiger partial charge in [0.05, 0.1) is 15.1 Å². The molecular formula is C32H25F8N7O4S3. The summed E-state index contributed by atoms with van der Waals surface area (Å²) in [6.45, 7) is -0.991. The van der Waals surface area contributed by atoms with Gasteiger partial charge in [-0.2, -0.15) is 39.9 Å². The lowest BCUT2D eigenvalue weighted by Crippen LogP contribution is -2.43. The van der Waals surface area contributed by atoms with Crippen LogP contribution in [0.15, 0.2) is 95.1 Å². The molecule has 0 saturated heterocycles. The van der Waals surface area contributed by atoms with Crippen LogP contribution < -0.4 is 5.73 Å². The predicted octanol–water partition coefficient (Wildman–Crippen LogP) is 7.01. The van der Waals surface area contributed by atoms with Crippen molar-refractivity contribution < 1.29 is 52.0 Å². The molecule has 3 aromatic heterocycles. The van der Waals surface area contributed by atoms with Gasteiger partial charge in [-0.1, -0.05) is 48.6 Å². The number of fused-ring (bicyclic) bond motifs is 2. The first-order valence-electron chi connectivity index (χ1n) is 15.4. The summed E-state index contributed by atoms with van der Waals surface area (Å²) in [5, 5.41) is 2.50. The third kappa shape index (κ3) is 7.47. The normalized spacial score (nSPS) is 14.4. The minimum absolute atomic E-state index is 0.0656. The Bertz CT molecular complexity index is 2510. The molecule has 6 aromatic rings. The number of aromatic nitrogens is 4. The molecule has 3 heterocycles. The van der Waals surface area contributed by atoms with Crippen molar-refractivity contribution in [1.82, 2.24) is 28.2 Å². The van der Waals surface area contributed by atoms with Crippen molar-refractivity contribution in [1.29, 1.82) is 0 Å². The summed E-state index contributed by atoms with van der Waals surface area (Å²) in [5.74, 6) is -1.83. The molecule has 22 heteroatoms. The van der Waals surface area contributed by atoms with Crippen molar-refractivity contribution in [3.63, 3.8) is 0 Å². The minimum atomic E-state index is -5.42. The van der Waals surface area contributed by atoms with Crippen LogP contribution in [0.4, 0.5) is 40.3 Å². The molecule has 0 fully saturated rings. The first-order valence-corrected chi connectivity index (χ1v) is 19.1. The lowest BCUT2D eigenvalue weighted by Gasteiger charge is -2.33. The summed E-state index contributed by atoms with van der Waals surface area (Å²) in [6.07, 6.45) is -9.38. The largest absolute Gasteiger partial charge is 0.409 e. The van der Waals surface area contributed by atoms with Crippen molar-refractivity contribution in [2.75, 3.05) is 12.3 Å². The zero-order chi connectivity index (χ0) is 39.4. The summed E-state index contributed by atoms with van der Waals surface area (Å²) >= 11 is 0.634. The Morgan fingerprint density at radius 1 is 0.778 bits per heavy atom. The fraction of sp³-hybridized carbons (Fsp3) is 0.219. The van der Waals surface area contributed by atoms with Gasteiger partial charge < -0.3 is 5.73 Å². The third-order valence-electron chi connectivity index (χ3n) is 8.14. The van der Waals surface area contributed by atoms with Crippen molar-refractivity contribution >= 4 is 52.4 Å². The van der Waals surface area contributed by atoms with Crippen LogP contribution in [0.3, 0.4) is 0 Å². The van der Waals surface area contributed by atoms with Crippen LogP contribution in [0.2, 0.25) is 0 Å². The average Bonchev–Trinajstić information content (AvgIpc) is 3.70. The Morgan fingerprint density at radius 2 is 1.33 bits per heavy atom. The van der Waals surface area contributed by atoms with E-state index in [-0.39, 0.29) is 29.6 Å². The van der Waals surface area contributed by atoms with Crippen molar-refractivity contribution in [2.45, 2.75) is 48.0 Å². The summed E-state index contributed by atoms with van der Waals surface area (Å²) in [6, 6.07) is 5.63. The van der Waals surface area contributed by atoms with Crippen LogP contribution >= 0.6 is 11.3 Å². The predicted molar refractivity (Wildman–Crippen MR) is 180 cm³/mol. The molecule has 0 radical (unpaired) electrons. The third-order valence-corrected chi connectivity index (χ3v) is 12.5. The van der Waals surface area contributed by atoms with Gasteiger partial charge in [-0.25, -0.2) is 35.1 Å². The lowest BCUT2D eigenvalue weighted by molar-refractivity contribution is -0.175. The molecule has 6 rings (SSSR count). The molecule has 0 unspecified atom stereocenters. The fourth-order valence-corrected chi connectivity index (χ4v) is 9.84. The summed E-state index contributed by atoms with van der Waals surface area (Å²) in [7, 11) is -10.7. The van der Waals surface area contributed by atoms with Gasteiger partial charge in [0.2, 0.25) is 10.0 Å². The van der Waals surface area contributed by atoms with Crippen molar-refractivity contribution in [3.05, 3.63) is 113 Å². The van der Waals surface area contributed by atoms with E-state index in [0.717, 1.165) is 29.6 Å². The topological polar surface area (TPSA) is 144 Å². The van der Waals surface area contributed by atoms with Crippen LogP contribution in [0.25, 0.3) is 15.9 Å². The number of anilines is 1. The summed E-state index contributed by atoms with van der Waals surface area (Å²) in [4.78, 5) is 7.07. The van der Waals surface area contributed by atoms with Gasteiger partial charge in [0.25, 0.3) is 15.2 Å². The number of hydrogen-bond acceptors (Lipinski definition) is 9. The molecule has 0 saturated carbocycles. The van der Waals surface area contributed by atoms with Crippen LogP contribution in [0, 0.1) is 11.6 Å². The summed E-state index contributed by atoms with van der Waals surface area (Å²) < 4.78 is 175. The van der Waals surface area contributed by atoms with E-state index in [0.29, 0.717) is 53.8 Å². The van der Waals surface area contributed by atoms with Gasteiger partial charge in [0.1, 0.15) is 23.7 Å². The Kier molecular flexibility index (Phi) is 10.2. The molecule has 0 aliphatic carbocycles. The average molecular weight is 820 g/mol. The Labute approximate surface area is 305 Å². The molecule has 3 aromatic carbocycles. The number of halogens is 8. The monoisotopic (exact) mass is 819 g/mol. The van der Waals surface area contributed by atoms with Crippen LogP contribution in [-0.2, 0) is 26.6 Å². The molecular weight excluding hydrogens is 795 g/mol. The number of benzene rings is 3. The van der Waals surface area contributed by atoms with Crippen LogP contribution in [0.1, 0.15) is 35.7 Å². The van der Waals surface area contributed by atoms with E-state index < -0.39 is 95.9 Å². The highest BCUT2D eigenvalue weighted by Crippen LogP contribution is 2.44. The number of rotatable bonds is 11. The first kappa shape index (κ1) is 38.9. The van der Waals surface area contributed by atoms with E-state index in [1.807, 2.05) is 0 Å². The van der Waals surface area contributed by atoms with E-state index in [4.69, 9.17) is 5.73 Å². The SMILES string of the molecule is CCN([C@H](c1ccc(F)cc1)C(F)(F)F)S(=O)(=O)c1cc(CN([C@H](c2ccc(F)cc2)C(F)(F)F)S(=O)(=O)c2nc3ccccn3n2)c2nc(N)sc2c1. The quantitative estimate of drug-likeness (QED) is 0.138. The van der Waals surface area contributed by atoms with Crippen molar-refractivity contribution in [3.8, 4) is 0 Å². The molecule has 0 aliphatic heterocycles. The minimum Gasteiger partial charge on any atom is -0.375 e. The molecule has 286 valence electrons. The molecule has 0 spiro atoms. The standard InChI is InChI=1S/C32H25F8N7O4S3/c1-2-46(27(31(35,36)37)18-6-10-21(33)11-7-18)53(48,49)23-15-20(26-24(16-23)52-29(41)43-26)17-47(28(32(38,39)40)19-8-12-22(34)13-9-19)54(50,51)30-42-25-5-3-4-14-45(25)44-30/h3-16,27-28H,2,17H2,1H3,(H2,41,43)/t27-,28-/m1/s1. The Balaban J connectivity index is 1.56. The molecule has 11 nitrogen and oxygen atoms in total. The molecule has 0 bridgehead atoms. The number of pyridine rings is 1. The van der Waals surface area contributed by atoms with Gasteiger partial charge in [0, 0.05) is 19.3 Å². The number of thiazole rings is 1. The Morgan fingerprint density at radius 3 is 1.85 bits per heavy atom. The fourth-order valence-electron chi connectivity index (χ4n) is 5.82. The van der Waals surface area contributed by atoms with E-state index >= 15 is 13.2 Å². The summed E-state index contributed by atoms with van der Waals surface area (Å²) in [5.41, 5.74) is 3.66. The zero-order valence-electron chi connectivity index (χ0n) is 27.3. The second-order valence-electron chi connectivity index (χ2n) is 11.6. The number of alkyl halides is 6. The van der Waals surface area contributed by atoms with Gasteiger partial charge in [-0.05, 0) is 65.2 Å². The number of nitrogens with zero attached hydrogens (tertiary/aromatic N) is 6. The smallest absolute Gasteiger partial charge is 0.375 e. The molecule has 2 N–H and O–H groups in total. The second kappa shape index (κ2) is 14.1. The van der Waals surface area contributed by atoms with Gasteiger partial charge in [0.15, 0.2) is 10.8 Å². The van der Waals surface area contributed by atoms with Gasteiger partial charge >= 0.3 is 12.4 Å². The highest BCUT2D eigenvalue weighted by atomic mass is 32.2. The Hall–Kier alpha value is -4.77. The zero-order valence-corrected chi connectivity index (χ0v) is 29.7. The highest BCUT2D eigenvalue weighted by molar-refractivity contribution is 7.89. The number of nitrogen functional groups attached to an aromatic ring is 1. The van der Waals surface area contributed by atoms with Crippen molar-refractivity contribution in [2.24, 2.45) is 0 Å². The van der Waals surface area contributed by atoms with E-state index in [1.165, 1.54) is 24.4 Å². The van der Waals surface area contributed by atoms with Gasteiger partial charge in [-0.15, -0.1) is 5.10 Å². The van der Waals surface area contributed by atoms with E-state index in [1.54, 1.807) is 0 Å². The van der Waals surface area contributed by atoms with E-state index in [2.05, 4.69) is 15.1 Å². The first-order chi connectivity index (χ1) is 25.2. The van der Waals surface area contributed by atoms with Gasteiger partial charge in [-0.3, -0.25) is 0 Å². The highest BCUT2D eigenvalue weighted by Gasteiger charge is 2.51. The molecule has 2 atom stereocenters. The van der Waals surface area contributed by atoms with Crippen LogP contribution in [0.5, 0.6) is 0 Å². The maximum absolute atomic E-state index is 15.1. The maximum Gasteiger partial charge on any atom is 0.409 e. The number of nitrogens with two attached hydrogens (primary N) is 1.